The number of nitrogens with one attached hydrogen (secondary N) is 1. The van der Waals surface area contributed by atoms with Gasteiger partial charge in [-0.05, 0) is 69.4 Å². The fraction of sp³-hybridized carbons (Fsp3) is 0.375. The Morgan fingerprint density at radius 2 is 1.48 bits per heavy atom. The van der Waals surface area contributed by atoms with Crippen molar-refractivity contribution in [2.24, 2.45) is 0 Å². The lowest BCUT2D eigenvalue weighted by Gasteiger charge is -2.34. The van der Waals surface area contributed by atoms with E-state index in [1.807, 2.05) is 77.1 Å². The SMILES string of the molecule is CC[C@@H](C)NC(=O)[C@H](CC)N(CCc1ccccc1)C(=O)CN(c1ccccc1C)S(=O)(=O)c1ccc(C)cc1. The van der Waals surface area contributed by atoms with Gasteiger partial charge in [-0.25, -0.2) is 8.42 Å². The minimum Gasteiger partial charge on any atom is -0.352 e. The number of hydrogen-bond donors (Lipinski definition) is 1. The summed E-state index contributed by atoms with van der Waals surface area (Å²) in [4.78, 5) is 29.1. The van der Waals surface area contributed by atoms with Gasteiger partial charge in [0.05, 0.1) is 10.6 Å². The van der Waals surface area contributed by atoms with Crippen molar-refractivity contribution in [3.05, 3.63) is 95.6 Å². The van der Waals surface area contributed by atoms with Crippen molar-refractivity contribution in [2.45, 2.75) is 70.9 Å². The number of sulfonamides is 1. The lowest BCUT2D eigenvalue weighted by Crippen LogP contribution is -2.54. The number of para-hydroxylation sites is 1. The summed E-state index contributed by atoms with van der Waals surface area (Å²) in [6, 6.07) is 22.7. The first-order chi connectivity index (χ1) is 19.1. The number of aryl methyl sites for hydroxylation is 2. The molecule has 1 N–H and O–H groups in total. The molecule has 3 aromatic carbocycles. The van der Waals surface area contributed by atoms with Crippen LogP contribution < -0.4 is 9.62 Å². The zero-order valence-corrected chi connectivity index (χ0v) is 24.9. The third-order valence-electron chi connectivity index (χ3n) is 7.14. The van der Waals surface area contributed by atoms with Gasteiger partial charge in [-0.3, -0.25) is 13.9 Å². The van der Waals surface area contributed by atoms with Crippen LogP contribution >= 0.6 is 0 Å². The fourth-order valence-electron chi connectivity index (χ4n) is 4.53. The van der Waals surface area contributed by atoms with Crippen LogP contribution in [0.1, 0.15) is 50.3 Å². The molecule has 0 saturated carbocycles. The normalized spacial score (nSPS) is 12.8. The lowest BCUT2D eigenvalue weighted by atomic mass is 10.1. The Morgan fingerprint density at radius 3 is 2.08 bits per heavy atom. The second-order valence-corrected chi connectivity index (χ2v) is 12.0. The Morgan fingerprint density at radius 1 is 0.850 bits per heavy atom. The molecule has 3 rings (SSSR count). The topological polar surface area (TPSA) is 86.8 Å². The Balaban J connectivity index is 2.02. The van der Waals surface area contributed by atoms with E-state index < -0.39 is 28.5 Å². The number of anilines is 1. The first-order valence-electron chi connectivity index (χ1n) is 13.9. The van der Waals surface area contributed by atoms with Gasteiger partial charge in [-0.2, -0.15) is 0 Å². The maximum atomic E-state index is 14.1. The summed E-state index contributed by atoms with van der Waals surface area (Å²) in [5, 5.41) is 3.00. The Hall–Kier alpha value is -3.65. The summed E-state index contributed by atoms with van der Waals surface area (Å²) < 4.78 is 29.1. The average molecular weight is 564 g/mol. The van der Waals surface area contributed by atoms with Gasteiger partial charge in [0, 0.05) is 12.6 Å². The number of amides is 2. The molecule has 3 aromatic rings. The van der Waals surface area contributed by atoms with Crippen LogP contribution in [0.3, 0.4) is 0 Å². The maximum Gasteiger partial charge on any atom is 0.264 e. The van der Waals surface area contributed by atoms with E-state index >= 15 is 0 Å². The van der Waals surface area contributed by atoms with Gasteiger partial charge in [0.15, 0.2) is 0 Å². The van der Waals surface area contributed by atoms with Crippen LogP contribution in [0, 0.1) is 13.8 Å². The Labute approximate surface area is 239 Å². The molecule has 0 saturated heterocycles. The standard InChI is InChI=1S/C32H41N3O4S/c1-6-26(5)33-32(37)29(7-2)34(22-21-27-14-9-8-10-15-27)31(36)23-35(30-16-12-11-13-25(30)4)40(38,39)28-19-17-24(3)18-20-28/h8-20,26,29H,6-7,21-23H2,1-5H3,(H,33,37)/t26-,29+/m1/s1. The van der Waals surface area contributed by atoms with Crippen LogP contribution in [0.4, 0.5) is 5.69 Å². The van der Waals surface area contributed by atoms with Crippen LogP contribution in [0.15, 0.2) is 83.8 Å². The first kappa shape index (κ1) is 30.9. The second-order valence-electron chi connectivity index (χ2n) is 10.2. The zero-order valence-electron chi connectivity index (χ0n) is 24.1. The van der Waals surface area contributed by atoms with E-state index in [0.717, 1.165) is 23.1 Å². The van der Waals surface area contributed by atoms with E-state index in [4.69, 9.17) is 0 Å². The molecule has 0 aliphatic rings. The van der Waals surface area contributed by atoms with Crippen molar-refractivity contribution >= 4 is 27.5 Å². The van der Waals surface area contributed by atoms with E-state index in [2.05, 4.69) is 5.32 Å². The van der Waals surface area contributed by atoms with Crippen LogP contribution in [-0.2, 0) is 26.0 Å². The summed E-state index contributed by atoms with van der Waals surface area (Å²) in [6.07, 6.45) is 1.70. The van der Waals surface area contributed by atoms with E-state index in [-0.39, 0.29) is 23.4 Å². The van der Waals surface area contributed by atoms with Gasteiger partial charge in [0.25, 0.3) is 10.0 Å². The maximum absolute atomic E-state index is 14.1. The molecule has 2 atom stereocenters. The van der Waals surface area contributed by atoms with Crippen LogP contribution in [-0.4, -0.2) is 50.3 Å². The summed E-state index contributed by atoms with van der Waals surface area (Å²) in [6.45, 7) is 9.34. The van der Waals surface area contributed by atoms with Crippen molar-refractivity contribution in [3.8, 4) is 0 Å². The quantitative estimate of drug-likeness (QED) is 0.307. The van der Waals surface area contributed by atoms with E-state index in [0.29, 0.717) is 18.5 Å². The number of carbonyl (C=O) groups excluding carboxylic acids is 2. The molecular formula is C32H41N3O4S. The molecule has 2 amide bonds. The molecule has 0 radical (unpaired) electrons. The van der Waals surface area contributed by atoms with E-state index in [1.165, 1.54) is 4.31 Å². The van der Waals surface area contributed by atoms with Crippen LogP contribution in [0.25, 0.3) is 0 Å². The van der Waals surface area contributed by atoms with Gasteiger partial charge in [-0.1, -0.05) is 80.1 Å². The van der Waals surface area contributed by atoms with Crippen LogP contribution in [0.5, 0.6) is 0 Å². The molecule has 0 unspecified atom stereocenters. The molecule has 8 heteroatoms. The lowest BCUT2D eigenvalue weighted by molar-refractivity contribution is -0.139. The highest BCUT2D eigenvalue weighted by Crippen LogP contribution is 2.27. The highest BCUT2D eigenvalue weighted by Gasteiger charge is 2.34. The Bertz CT molecular complexity index is 1370. The molecule has 0 spiro atoms. The molecule has 214 valence electrons. The van der Waals surface area contributed by atoms with Gasteiger partial charge >= 0.3 is 0 Å². The van der Waals surface area contributed by atoms with Crippen molar-refractivity contribution in [2.75, 3.05) is 17.4 Å². The fourth-order valence-corrected chi connectivity index (χ4v) is 6.01. The predicted molar refractivity (Wildman–Crippen MR) is 161 cm³/mol. The molecule has 0 aliphatic carbocycles. The van der Waals surface area contributed by atoms with Gasteiger partial charge in [-0.15, -0.1) is 0 Å². The number of rotatable bonds is 13. The number of carbonyl (C=O) groups is 2. The molecule has 0 aromatic heterocycles. The van der Waals surface area contributed by atoms with Gasteiger partial charge in [0.1, 0.15) is 12.6 Å². The van der Waals surface area contributed by atoms with Crippen molar-refractivity contribution < 1.29 is 18.0 Å². The number of nitrogens with zero attached hydrogens (tertiary/aromatic N) is 2. The van der Waals surface area contributed by atoms with Crippen molar-refractivity contribution in [3.63, 3.8) is 0 Å². The van der Waals surface area contributed by atoms with E-state index in [1.54, 1.807) is 41.3 Å². The largest absolute Gasteiger partial charge is 0.352 e. The molecule has 40 heavy (non-hydrogen) atoms. The average Bonchev–Trinajstić information content (AvgIpc) is 2.94. The van der Waals surface area contributed by atoms with Crippen molar-refractivity contribution in [1.29, 1.82) is 0 Å². The summed E-state index contributed by atoms with van der Waals surface area (Å²) in [5.41, 5.74) is 3.11. The smallest absolute Gasteiger partial charge is 0.264 e. The highest BCUT2D eigenvalue weighted by molar-refractivity contribution is 7.92. The van der Waals surface area contributed by atoms with Gasteiger partial charge < -0.3 is 10.2 Å². The van der Waals surface area contributed by atoms with Gasteiger partial charge in [0.2, 0.25) is 11.8 Å². The third-order valence-corrected chi connectivity index (χ3v) is 8.92. The second kappa shape index (κ2) is 14.1. The molecule has 7 nitrogen and oxygen atoms in total. The minimum absolute atomic E-state index is 0.0435. The molecule has 0 aliphatic heterocycles. The van der Waals surface area contributed by atoms with E-state index in [9.17, 15) is 18.0 Å². The molecular weight excluding hydrogens is 522 g/mol. The number of benzene rings is 3. The minimum atomic E-state index is -4.08. The summed E-state index contributed by atoms with van der Waals surface area (Å²) in [7, 11) is -4.08. The Kier molecular flexibility index (Phi) is 10.9. The summed E-state index contributed by atoms with van der Waals surface area (Å²) in [5.74, 6) is -0.664. The monoisotopic (exact) mass is 563 g/mol. The molecule has 0 bridgehead atoms. The van der Waals surface area contributed by atoms with Crippen LogP contribution in [0.2, 0.25) is 0 Å². The van der Waals surface area contributed by atoms with Crippen molar-refractivity contribution in [1.82, 2.24) is 10.2 Å². The third kappa shape index (κ3) is 7.72. The first-order valence-corrected chi connectivity index (χ1v) is 15.3. The number of hydrogen-bond acceptors (Lipinski definition) is 4. The summed E-state index contributed by atoms with van der Waals surface area (Å²) >= 11 is 0. The molecule has 0 fully saturated rings. The molecule has 0 heterocycles. The zero-order chi connectivity index (χ0) is 29.3. The highest BCUT2D eigenvalue weighted by atomic mass is 32.2. The predicted octanol–water partition coefficient (Wildman–Crippen LogP) is 5.26.